The van der Waals surface area contributed by atoms with Gasteiger partial charge in [0.25, 0.3) is 0 Å². The lowest BCUT2D eigenvalue weighted by molar-refractivity contribution is 0.768. The molecule has 56 heavy (non-hydrogen) atoms. The molecule has 278 valence electrons. The first-order valence-electron chi connectivity index (χ1n) is 19.9. The highest BCUT2D eigenvalue weighted by molar-refractivity contribution is 5.88. The molecule has 6 aromatic rings. The molecule has 1 nitrogen and oxygen atoms in total. The van der Waals surface area contributed by atoms with Gasteiger partial charge in [-0.3, -0.25) is 0 Å². The van der Waals surface area contributed by atoms with Crippen LogP contribution in [0.25, 0.3) is 33.9 Å². The van der Waals surface area contributed by atoms with E-state index in [2.05, 4.69) is 212 Å². The zero-order valence-electron chi connectivity index (χ0n) is 34.0. The highest BCUT2D eigenvalue weighted by atomic mass is 14.8. The van der Waals surface area contributed by atoms with Crippen LogP contribution in [0.15, 0.2) is 176 Å². The average molecular weight is 728 g/mol. The molecule has 0 aliphatic heterocycles. The van der Waals surface area contributed by atoms with Gasteiger partial charge < -0.3 is 5.32 Å². The molecule has 0 unspecified atom stereocenters. The van der Waals surface area contributed by atoms with E-state index in [4.69, 9.17) is 0 Å². The molecule has 0 saturated heterocycles. The number of allylic oxidation sites excluding steroid dienone is 8. The Kier molecular flexibility index (Phi) is 11.3. The second-order valence-electron chi connectivity index (χ2n) is 15.1. The average Bonchev–Trinajstić information content (AvgIpc) is 3.53. The standard InChI is InChI=1S/C55H53N/c1-8-49-40(4)42(6)54(43(7)41(49)5)45-32-30-44(31-33-45)21-13-9-10-20-36-56-39(3)29-28-38(2)46-34-35-51-50-26-18-19-27-52(50)55(53(51)37-46,47-22-14-11-15-23-47)48-24-16-12-17-25-48/h9-37,56H,8H2,1-7H3/b10-9-,21-13-,36-20+,38-28+,39-29+. The minimum absolute atomic E-state index is 0.394. The zero-order chi connectivity index (χ0) is 39.2. The van der Waals surface area contributed by atoms with E-state index < -0.39 is 5.41 Å². The summed E-state index contributed by atoms with van der Waals surface area (Å²) >= 11 is 0. The molecule has 0 atom stereocenters. The Morgan fingerprint density at radius 2 is 1.16 bits per heavy atom. The highest BCUT2D eigenvalue weighted by Crippen LogP contribution is 2.56. The molecule has 0 amide bonds. The van der Waals surface area contributed by atoms with Gasteiger partial charge in [-0.15, -0.1) is 0 Å². The van der Waals surface area contributed by atoms with Crippen molar-refractivity contribution in [1.82, 2.24) is 5.32 Å². The Bertz CT molecular complexity index is 2440. The topological polar surface area (TPSA) is 12.0 Å². The van der Waals surface area contributed by atoms with Crippen LogP contribution in [0, 0.1) is 27.7 Å². The Morgan fingerprint density at radius 3 is 1.80 bits per heavy atom. The van der Waals surface area contributed by atoms with Crippen molar-refractivity contribution in [3.63, 3.8) is 0 Å². The molecule has 0 bridgehead atoms. The predicted octanol–water partition coefficient (Wildman–Crippen LogP) is 14.2. The van der Waals surface area contributed by atoms with Crippen molar-refractivity contribution in [2.45, 2.75) is 60.3 Å². The maximum Gasteiger partial charge on any atom is 0.0713 e. The lowest BCUT2D eigenvalue weighted by atomic mass is 9.67. The minimum Gasteiger partial charge on any atom is -0.365 e. The molecule has 0 fully saturated rings. The van der Waals surface area contributed by atoms with Crippen molar-refractivity contribution in [2.24, 2.45) is 0 Å². The van der Waals surface area contributed by atoms with Gasteiger partial charge in [0.05, 0.1) is 5.41 Å². The van der Waals surface area contributed by atoms with E-state index in [0.717, 1.165) is 12.1 Å². The monoisotopic (exact) mass is 727 g/mol. The first-order valence-corrected chi connectivity index (χ1v) is 19.9. The van der Waals surface area contributed by atoms with E-state index in [9.17, 15) is 0 Å². The summed E-state index contributed by atoms with van der Waals surface area (Å²) in [6.45, 7) is 15.6. The largest absolute Gasteiger partial charge is 0.365 e. The number of rotatable bonds is 11. The molecule has 1 N–H and O–H groups in total. The number of hydrogen-bond donors (Lipinski definition) is 1. The fraction of sp³-hybridized carbons (Fsp3) is 0.164. The summed E-state index contributed by atoms with van der Waals surface area (Å²) in [6, 6.07) is 46.8. The normalized spacial score (nSPS) is 13.8. The van der Waals surface area contributed by atoms with Crippen LogP contribution in [0.4, 0.5) is 0 Å². The SMILES string of the molecule is CCc1c(C)c(C)c(-c2ccc(\C=C/C=C\C=C\N/C(C)=C/C=C(\C)c3ccc4c(c3)C(c3ccccc3)(c3ccccc3)c3ccccc3-4)cc2)c(C)c1C. The van der Waals surface area contributed by atoms with Crippen molar-refractivity contribution in [3.8, 4) is 22.3 Å². The molecule has 0 aromatic heterocycles. The van der Waals surface area contributed by atoms with Gasteiger partial charge in [0.15, 0.2) is 0 Å². The molecule has 6 aromatic carbocycles. The Labute approximate surface area is 335 Å². The minimum atomic E-state index is -0.394. The first-order chi connectivity index (χ1) is 27.2. The molecular formula is C55H53N. The molecule has 7 rings (SSSR count). The second-order valence-corrected chi connectivity index (χ2v) is 15.1. The van der Waals surface area contributed by atoms with Gasteiger partial charge in [0.1, 0.15) is 0 Å². The lowest BCUT2D eigenvalue weighted by Crippen LogP contribution is -2.28. The fourth-order valence-electron chi connectivity index (χ4n) is 8.73. The van der Waals surface area contributed by atoms with E-state index >= 15 is 0 Å². The zero-order valence-corrected chi connectivity index (χ0v) is 34.0. The van der Waals surface area contributed by atoms with Crippen molar-refractivity contribution in [3.05, 3.63) is 237 Å². The van der Waals surface area contributed by atoms with E-state index in [0.29, 0.717) is 0 Å². The molecule has 1 aliphatic carbocycles. The first kappa shape index (κ1) is 38.1. The third kappa shape index (κ3) is 7.18. The molecule has 1 heteroatoms. The lowest BCUT2D eigenvalue weighted by Gasteiger charge is -2.34. The van der Waals surface area contributed by atoms with Gasteiger partial charge in [-0.2, -0.15) is 0 Å². The number of fused-ring (bicyclic) bond motifs is 3. The van der Waals surface area contributed by atoms with E-state index in [1.807, 2.05) is 18.4 Å². The third-order valence-corrected chi connectivity index (χ3v) is 11.9. The highest BCUT2D eigenvalue weighted by Gasteiger charge is 2.46. The van der Waals surface area contributed by atoms with Crippen LogP contribution in [0.1, 0.15) is 82.0 Å². The molecule has 0 radical (unpaired) electrons. The number of benzene rings is 6. The van der Waals surface area contributed by atoms with Crippen LogP contribution in [-0.2, 0) is 11.8 Å². The van der Waals surface area contributed by atoms with Crippen LogP contribution in [-0.4, -0.2) is 0 Å². The summed E-state index contributed by atoms with van der Waals surface area (Å²) in [7, 11) is 0. The molecule has 0 spiro atoms. The smallest absolute Gasteiger partial charge is 0.0713 e. The predicted molar refractivity (Wildman–Crippen MR) is 242 cm³/mol. The third-order valence-electron chi connectivity index (χ3n) is 11.9. The summed E-state index contributed by atoms with van der Waals surface area (Å²) in [4.78, 5) is 0. The Balaban J connectivity index is 1.03. The van der Waals surface area contributed by atoms with Crippen molar-refractivity contribution < 1.29 is 0 Å². The summed E-state index contributed by atoms with van der Waals surface area (Å²) < 4.78 is 0. The summed E-state index contributed by atoms with van der Waals surface area (Å²) in [5, 5.41) is 3.41. The Morgan fingerprint density at radius 1 is 0.571 bits per heavy atom. The van der Waals surface area contributed by atoms with Gasteiger partial charge in [-0.25, -0.2) is 0 Å². The van der Waals surface area contributed by atoms with Gasteiger partial charge >= 0.3 is 0 Å². The van der Waals surface area contributed by atoms with Crippen LogP contribution in [0.5, 0.6) is 0 Å². The molecular weight excluding hydrogens is 675 g/mol. The van der Waals surface area contributed by atoms with Gasteiger partial charge in [-0.1, -0.05) is 159 Å². The van der Waals surface area contributed by atoms with Crippen molar-refractivity contribution >= 4 is 11.6 Å². The summed E-state index contributed by atoms with van der Waals surface area (Å²) in [6.07, 6.45) is 17.8. The second kappa shape index (κ2) is 16.7. The van der Waals surface area contributed by atoms with Gasteiger partial charge in [0.2, 0.25) is 0 Å². The maximum absolute atomic E-state index is 3.41. The van der Waals surface area contributed by atoms with Crippen molar-refractivity contribution in [1.29, 1.82) is 0 Å². The molecule has 0 saturated carbocycles. The van der Waals surface area contributed by atoms with Gasteiger partial charge in [-0.05, 0) is 155 Å². The van der Waals surface area contributed by atoms with E-state index in [1.165, 1.54) is 89.0 Å². The number of hydrogen-bond acceptors (Lipinski definition) is 1. The summed E-state index contributed by atoms with van der Waals surface area (Å²) in [5.41, 5.74) is 21.9. The van der Waals surface area contributed by atoms with E-state index in [-0.39, 0.29) is 0 Å². The van der Waals surface area contributed by atoms with Crippen LogP contribution in [0.3, 0.4) is 0 Å². The molecule has 1 aliphatic rings. The Hall–Kier alpha value is -6.18. The maximum atomic E-state index is 3.41. The van der Waals surface area contributed by atoms with Crippen LogP contribution < -0.4 is 5.32 Å². The fourth-order valence-corrected chi connectivity index (χ4v) is 8.73. The molecule has 0 heterocycles. The quantitative estimate of drug-likeness (QED) is 0.131. The summed E-state index contributed by atoms with van der Waals surface area (Å²) in [5.74, 6) is 0. The van der Waals surface area contributed by atoms with Gasteiger partial charge in [0, 0.05) is 11.9 Å². The van der Waals surface area contributed by atoms with Crippen molar-refractivity contribution in [2.75, 3.05) is 0 Å². The number of nitrogens with one attached hydrogen (secondary N) is 1. The van der Waals surface area contributed by atoms with E-state index in [1.54, 1.807) is 0 Å². The van der Waals surface area contributed by atoms with Crippen LogP contribution in [0.2, 0.25) is 0 Å². The van der Waals surface area contributed by atoms with Crippen LogP contribution >= 0.6 is 0 Å².